The summed E-state index contributed by atoms with van der Waals surface area (Å²) in [6, 6.07) is 12.9. The van der Waals surface area contributed by atoms with E-state index in [0.29, 0.717) is 6.04 Å². The predicted molar refractivity (Wildman–Crippen MR) is 129 cm³/mol. The zero-order valence-corrected chi connectivity index (χ0v) is 19.4. The number of likely N-dealkylation sites (tertiary alicyclic amines) is 1. The number of piperidine rings is 1. The zero-order chi connectivity index (χ0) is 22.1. The fourth-order valence-corrected chi connectivity index (χ4v) is 4.41. The van der Waals surface area contributed by atoms with E-state index in [9.17, 15) is 0 Å². The Kier molecular flexibility index (Phi) is 8.98. The second-order valence-electron chi connectivity index (χ2n) is 8.27. The van der Waals surface area contributed by atoms with Crippen LogP contribution in [-0.4, -0.2) is 39.0 Å². The third-order valence-electron chi connectivity index (χ3n) is 6.05. The molecule has 0 radical (unpaired) electrons. The lowest BCUT2D eigenvalue weighted by atomic mass is 9.86. The third kappa shape index (κ3) is 5.90. The molecule has 3 rings (SSSR count). The van der Waals surface area contributed by atoms with Crippen molar-refractivity contribution in [3.05, 3.63) is 54.1 Å². The number of rotatable bonds is 11. The Bertz CT molecular complexity index is 848. The van der Waals surface area contributed by atoms with Crippen LogP contribution in [0.4, 0.5) is 0 Å². The average Bonchev–Trinajstić information content (AvgIpc) is 2.80. The van der Waals surface area contributed by atoms with Crippen molar-refractivity contribution in [1.82, 2.24) is 4.90 Å². The minimum Gasteiger partial charge on any atom is -0.494 e. The standard InChI is InChI=1S/C27H37NO3/c1-5-7-10-18-30-22-15-16-26(31-20-29-4)24(19-22)23-13-11-12-21(6-2)27(23)25-14-8-9-17-28(25)3/h6,11-13,15-16,19,25H,2,5,7-10,14,17-18,20H2,1,3-4H3. The second-order valence-corrected chi connectivity index (χ2v) is 8.27. The van der Waals surface area contributed by atoms with E-state index in [1.807, 2.05) is 18.2 Å². The van der Waals surface area contributed by atoms with Crippen LogP contribution in [-0.2, 0) is 4.74 Å². The molecule has 4 nitrogen and oxygen atoms in total. The summed E-state index contributed by atoms with van der Waals surface area (Å²) in [6.07, 6.45) is 9.05. The summed E-state index contributed by atoms with van der Waals surface area (Å²) in [5.74, 6) is 1.69. The van der Waals surface area contributed by atoms with Crippen LogP contribution in [0.25, 0.3) is 17.2 Å². The van der Waals surface area contributed by atoms with Crippen molar-refractivity contribution in [2.75, 3.05) is 34.1 Å². The van der Waals surface area contributed by atoms with E-state index in [2.05, 4.69) is 49.7 Å². The van der Waals surface area contributed by atoms with Crippen LogP contribution in [0.1, 0.15) is 62.6 Å². The van der Waals surface area contributed by atoms with Gasteiger partial charge in [0.05, 0.1) is 6.61 Å². The Balaban J connectivity index is 2.05. The van der Waals surface area contributed by atoms with Gasteiger partial charge in [0, 0.05) is 18.7 Å². The van der Waals surface area contributed by atoms with Crippen molar-refractivity contribution >= 4 is 6.08 Å². The van der Waals surface area contributed by atoms with Crippen molar-refractivity contribution in [3.63, 3.8) is 0 Å². The molecule has 4 heteroatoms. The van der Waals surface area contributed by atoms with Crippen molar-refractivity contribution in [1.29, 1.82) is 0 Å². The molecule has 1 unspecified atom stereocenters. The predicted octanol–water partition coefficient (Wildman–Crippen LogP) is 6.71. The highest BCUT2D eigenvalue weighted by Crippen LogP contribution is 2.42. The van der Waals surface area contributed by atoms with Gasteiger partial charge < -0.3 is 14.2 Å². The normalized spacial score (nSPS) is 16.8. The summed E-state index contributed by atoms with van der Waals surface area (Å²) in [6.45, 7) is 8.36. The molecule has 0 amide bonds. The Hall–Kier alpha value is -2.30. The van der Waals surface area contributed by atoms with Crippen LogP contribution < -0.4 is 9.47 Å². The lowest BCUT2D eigenvalue weighted by Crippen LogP contribution is -2.30. The molecule has 0 N–H and O–H groups in total. The van der Waals surface area contributed by atoms with Gasteiger partial charge >= 0.3 is 0 Å². The molecule has 31 heavy (non-hydrogen) atoms. The molecule has 1 aliphatic rings. The quantitative estimate of drug-likeness (QED) is 0.297. The molecule has 0 spiro atoms. The van der Waals surface area contributed by atoms with Gasteiger partial charge in [0.1, 0.15) is 11.5 Å². The summed E-state index contributed by atoms with van der Waals surface area (Å²) in [5, 5.41) is 0. The molecule has 1 heterocycles. The van der Waals surface area contributed by atoms with Gasteiger partial charge in [-0.2, -0.15) is 0 Å². The highest BCUT2D eigenvalue weighted by Gasteiger charge is 2.26. The van der Waals surface area contributed by atoms with Gasteiger partial charge in [-0.25, -0.2) is 0 Å². The number of benzene rings is 2. The van der Waals surface area contributed by atoms with E-state index in [0.717, 1.165) is 43.1 Å². The highest BCUT2D eigenvalue weighted by atomic mass is 16.7. The summed E-state index contributed by atoms with van der Waals surface area (Å²) in [4.78, 5) is 2.47. The Labute approximate surface area is 187 Å². The van der Waals surface area contributed by atoms with Crippen LogP contribution in [0, 0.1) is 0 Å². The first kappa shape index (κ1) is 23.4. The summed E-state index contributed by atoms with van der Waals surface area (Å²) in [7, 11) is 3.87. The minimum absolute atomic E-state index is 0.212. The molecular weight excluding hydrogens is 386 g/mol. The van der Waals surface area contributed by atoms with Gasteiger partial charge in [0.15, 0.2) is 6.79 Å². The first-order valence-electron chi connectivity index (χ1n) is 11.5. The molecular formula is C27H37NO3. The first-order chi connectivity index (χ1) is 15.2. The van der Waals surface area contributed by atoms with Crippen LogP contribution >= 0.6 is 0 Å². The molecule has 0 aromatic heterocycles. The minimum atomic E-state index is 0.212. The third-order valence-corrected chi connectivity index (χ3v) is 6.05. The fraction of sp³-hybridized carbons (Fsp3) is 0.481. The Morgan fingerprint density at radius 2 is 1.97 bits per heavy atom. The van der Waals surface area contributed by atoms with E-state index in [1.165, 1.54) is 42.4 Å². The molecule has 2 aromatic rings. The average molecular weight is 424 g/mol. The van der Waals surface area contributed by atoms with Crippen LogP contribution in [0.2, 0.25) is 0 Å². The lowest BCUT2D eigenvalue weighted by molar-refractivity contribution is 0.0515. The Morgan fingerprint density at radius 1 is 1.10 bits per heavy atom. The van der Waals surface area contributed by atoms with Gasteiger partial charge in [-0.05, 0) is 67.7 Å². The topological polar surface area (TPSA) is 30.9 Å². The highest BCUT2D eigenvalue weighted by molar-refractivity contribution is 5.78. The van der Waals surface area contributed by atoms with E-state index >= 15 is 0 Å². The van der Waals surface area contributed by atoms with Gasteiger partial charge in [-0.1, -0.05) is 57.0 Å². The van der Waals surface area contributed by atoms with Gasteiger partial charge in [-0.3, -0.25) is 4.90 Å². The van der Waals surface area contributed by atoms with Crippen molar-refractivity contribution in [2.45, 2.75) is 51.5 Å². The maximum atomic E-state index is 6.08. The molecule has 1 fully saturated rings. The molecule has 168 valence electrons. The first-order valence-corrected chi connectivity index (χ1v) is 11.5. The van der Waals surface area contributed by atoms with Gasteiger partial charge in [0.2, 0.25) is 0 Å². The van der Waals surface area contributed by atoms with Crippen LogP contribution in [0.15, 0.2) is 43.0 Å². The molecule has 2 aromatic carbocycles. The lowest BCUT2D eigenvalue weighted by Gasteiger charge is -2.35. The number of hydrogen-bond acceptors (Lipinski definition) is 4. The van der Waals surface area contributed by atoms with E-state index in [-0.39, 0.29) is 6.79 Å². The van der Waals surface area contributed by atoms with Crippen molar-refractivity contribution in [2.24, 2.45) is 0 Å². The van der Waals surface area contributed by atoms with Crippen molar-refractivity contribution < 1.29 is 14.2 Å². The number of nitrogens with zero attached hydrogens (tertiary/aromatic N) is 1. The molecule has 1 aliphatic heterocycles. The molecule has 0 aliphatic carbocycles. The summed E-state index contributed by atoms with van der Waals surface area (Å²) >= 11 is 0. The van der Waals surface area contributed by atoms with E-state index in [1.54, 1.807) is 7.11 Å². The fourth-order valence-electron chi connectivity index (χ4n) is 4.41. The van der Waals surface area contributed by atoms with Gasteiger partial charge in [-0.15, -0.1) is 0 Å². The zero-order valence-electron chi connectivity index (χ0n) is 19.4. The smallest absolute Gasteiger partial charge is 0.188 e. The SMILES string of the molecule is C=Cc1cccc(-c2cc(OCCCCC)ccc2OCOC)c1C1CCCCN1C. The molecule has 0 saturated carbocycles. The number of methoxy groups -OCH3 is 1. The molecule has 0 bridgehead atoms. The van der Waals surface area contributed by atoms with Crippen molar-refractivity contribution in [3.8, 4) is 22.6 Å². The monoisotopic (exact) mass is 423 g/mol. The maximum Gasteiger partial charge on any atom is 0.188 e. The second kappa shape index (κ2) is 11.9. The Morgan fingerprint density at radius 3 is 2.71 bits per heavy atom. The van der Waals surface area contributed by atoms with E-state index < -0.39 is 0 Å². The largest absolute Gasteiger partial charge is 0.494 e. The summed E-state index contributed by atoms with van der Waals surface area (Å²) < 4.78 is 17.2. The molecule has 1 saturated heterocycles. The number of unbranched alkanes of at least 4 members (excludes halogenated alkanes) is 2. The summed E-state index contributed by atoms with van der Waals surface area (Å²) in [5.41, 5.74) is 4.73. The van der Waals surface area contributed by atoms with Crippen LogP contribution in [0.5, 0.6) is 11.5 Å². The maximum absolute atomic E-state index is 6.08. The van der Waals surface area contributed by atoms with Gasteiger partial charge in [0.25, 0.3) is 0 Å². The number of hydrogen-bond donors (Lipinski definition) is 0. The number of ether oxygens (including phenoxy) is 3. The van der Waals surface area contributed by atoms with E-state index in [4.69, 9.17) is 14.2 Å². The molecule has 1 atom stereocenters. The van der Waals surface area contributed by atoms with Crippen LogP contribution in [0.3, 0.4) is 0 Å².